The van der Waals surface area contributed by atoms with Crippen LogP contribution in [0.25, 0.3) is 0 Å². The molecular weight excluding hydrogens is 238 g/mol. The van der Waals surface area contributed by atoms with Crippen LogP contribution >= 0.6 is 0 Å². The van der Waals surface area contributed by atoms with Gasteiger partial charge in [0.05, 0.1) is 6.04 Å². The van der Waals surface area contributed by atoms with E-state index in [0.29, 0.717) is 38.8 Å². The van der Waals surface area contributed by atoms with Gasteiger partial charge >= 0.3 is 6.09 Å². The summed E-state index contributed by atoms with van der Waals surface area (Å²) >= 11 is 0. The Labute approximate surface area is 107 Å². The number of nitrogens with one attached hydrogen (secondary N) is 2. The number of hydrogen-bond acceptors (Lipinski definition) is 4. The summed E-state index contributed by atoms with van der Waals surface area (Å²) in [5.74, 6) is -0.195. The number of hydrogen-bond donors (Lipinski definition) is 5. The first-order valence-corrected chi connectivity index (χ1v) is 6.19. The van der Waals surface area contributed by atoms with Crippen molar-refractivity contribution in [3.05, 3.63) is 0 Å². The summed E-state index contributed by atoms with van der Waals surface area (Å²) in [6.07, 6.45) is 2.26. The average Bonchev–Trinajstić information content (AvgIpc) is 2.33. The topological polar surface area (TPSA) is 125 Å². The fraction of sp³-hybridized carbons (Fsp3) is 0.818. The standard InChI is InChI=1S/C11H23N3O4/c12-9(5-1-2-7-14-11(17)18)10(16)13-6-3-4-8-15/h9,14-15H,1-8,12H2,(H,13,16)(H,17,18). The van der Waals surface area contributed by atoms with Crippen LogP contribution in [-0.4, -0.2) is 48.0 Å². The van der Waals surface area contributed by atoms with E-state index in [2.05, 4.69) is 10.6 Å². The number of amides is 2. The molecule has 2 amide bonds. The molecule has 0 fully saturated rings. The summed E-state index contributed by atoms with van der Waals surface area (Å²) in [7, 11) is 0. The van der Waals surface area contributed by atoms with Crippen molar-refractivity contribution in [1.29, 1.82) is 0 Å². The molecule has 0 bridgehead atoms. The van der Waals surface area contributed by atoms with Crippen molar-refractivity contribution in [3.63, 3.8) is 0 Å². The zero-order valence-corrected chi connectivity index (χ0v) is 10.5. The molecule has 18 heavy (non-hydrogen) atoms. The second-order valence-corrected chi connectivity index (χ2v) is 4.06. The van der Waals surface area contributed by atoms with Crippen molar-refractivity contribution in [2.45, 2.75) is 38.1 Å². The fourth-order valence-corrected chi connectivity index (χ4v) is 1.40. The molecule has 0 heterocycles. The molecule has 0 aromatic heterocycles. The van der Waals surface area contributed by atoms with Gasteiger partial charge in [0.25, 0.3) is 0 Å². The van der Waals surface area contributed by atoms with Crippen molar-refractivity contribution < 1.29 is 19.8 Å². The number of carbonyl (C=O) groups is 2. The van der Waals surface area contributed by atoms with Crippen molar-refractivity contribution in [2.75, 3.05) is 19.7 Å². The minimum atomic E-state index is -1.04. The van der Waals surface area contributed by atoms with Crippen molar-refractivity contribution in [2.24, 2.45) is 5.73 Å². The highest BCUT2D eigenvalue weighted by Crippen LogP contribution is 1.98. The van der Waals surface area contributed by atoms with Crippen LogP contribution in [0.4, 0.5) is 4.79 Å². The highest BCUT2D eigenvalue weighted by atomic mass is 16.4. The third kappa shape index (κ3) is 9.86. The van der Waals surface area contributed by atoms with Crippen LogP contribution in [0.5, 0.6) is 0 Å². The maximum atomic E-state index is 11.5. The molecule has 0 spiro atoms. The third-order valence-corrected chi connectivity index (χ3v) is 2.44. The van der Waals surface area contributed by atoms with E-state index in [-0.39, 0.29) is 12.5 Å². The lowest BCUT2D eigenvalue weighted by molar-refractivity contribution is -0.122. The Hall–Kier alpha value is -1.34. The van der Waals surface area contributed by atoms with Crippen molar-refractivity contribution in [3.8, 4) is 0 Å². The van der Waals surface area contributed by atoms with Gasteiger partial charge in [-0.3, -0.25) is 4.79 Å². The minimum absolute atomic E-state index is 0.124. The van der Waals surface area contributed by atoms with E-state index in [1.54, 1.807) is 0 Å². The van der Waals surface area contributed by atoms with Gasteiger partial charge in [-0.15, -0.1) is 0 Å². The lowest BCUT2D eigenvalue weighted by Crippen LogP contribution is -2.41. The average molecular weight is 261 g/mol. The molecule has 0 aliphatic carbocycles. The molecular formula is C11H23N3O4. The summed E-state index contributed by atoms with van der Waals surface area (Å²) in [6.45, 7) is 1.02. The second-order valence-electron chi connectivity index (χ2n) is 4.06. The number of unbranched alkanes of at least 4 members (excludes halogenated alkanes) is 2. The van der Waals surface area contributed by atoms with Gasteiger partial charge in [0.1, 0.15) is 0 Å². The number of carbonyl (C=O) groups excluding carboxylic acids is 1. The maximum Gasteiger partial charge on any atom is 0.404 e. The quantitative estimate of drug-likeness (QED) is 0.343. The fourth-order valence-electron chi connectivity index (χ4n) is 1.40. The van der Waals surface area contributed by atoms with Gasteiger partial charge in [0.15, 0.2) is 0 Å². The Morgan fingerprint density at radius 1 is 1.06 bits per heavy atom. The number of carboxylic acid groups (broad SMARTS) is 1. The Bertz CT molecular complexity index is 248. The predicted molar refractivity (Wildman–Crippen MR) is 67.2 cm³/mol. The van der Waals surface area contributed by atoms with Gasteiger partial charge in [0, 0.05) is 19.7 Å². The van der Waals surface area contributed by atoms with E-state index in [1.165, 1.54) is 0 Å². The Balaban J connectivity index is 3.46. The first-order chi connectivity index (χ1) is 8.57. The molecule has 7 nitrogen and oxygen atoms in total. The van der Waals surface area contributed by atoms with Gasteiger partial charge in [-0.2, -0.15) is 0 Å². The smallest absolute Gasteiger partial charge is 0.404 e. The van der Waals surface area contributed by atoms with Crippen molar-refractivity contribution in [1.82, 2.24) is 10.6 Å². The monoisotopic (exact) mass is 261 g/mol. The minimum Gasteiger partial charge on any atom is -0.465 e. The number of aliphatic hydroxyl groups excluding tert-OH is 1. The Morgan fingerprint density at radius 2 is 1.67 bits per heavy atom. The number of nitrogens with two attached hydrogens (primary N) is 1. The SMILES string of the molecule is NC(CCCCNC(=O)O)C(=O)NCCCCO. The summed E-state index contributed by atoms with van der Waals surface area (Å²) < 4.78 is 0. The van der Waals surface area contributed by atoms with E-state index in [1.807, 2.05) is 0 Å². The van der Waals surface area contributed by atoms with Gasteiger partial charge < -0.3 is 26.6 Å². The van der Waals surface area contributed by atoms with E-state index in [4.69, 9.17) is 15.9 Å². The largest absolute Gasteiger partial charge is 0.465 e. The Kier molecular flexibility index (Phi) is 9.99. The molecule has 0 aromatic carbocycles. The van der Waals surface area contributed by atoms with Crippen molar-refractivity contribution >= 4 is 12.0 Å². The van der Waals surface area contributed by atoms with Gasteiger partial charge in [-0.05, 0) is 32.1 Å². The molecule has 7 heteroatoms. The highest BCUT2D eigenvalue weighted by molar-refractivity contribution is 5.81. The molecule has 0 saturated carbocycles. The maximum absolute atomic E-state index is 11.5. The second kappa shape index (κ2) is 10.8. The zero-order chi connectivity index (χ0) is 13.8. The molecule has 1 unspecified atom stereocenters. The molecule has 0 radical (unpaired) electrons. The summed E-state index contributed by atoms with van der Waals surface area (Å²) in [5.41, 5.74) is 5.68. The molecule has 106 valence electrons. The van der Waals surface area contributed by atoms with Crippen LogP contribution in [0.15, 0.2) is 0 Å². The molecule has 0 saturated heterocycles. The van der Waals surface area contributed by atoms with Gasteiger partial charge in [-0.25, -0.2) is 4.79 Å². The lowest BCUT2D eigenvalue weighted by Gasteiger charge is -2.11. The first-order valence-electron chi connectivity index (χ1n) is 6.19. The van der Waals surface area contributed by atoms with E-state index >= 15 is 0 Å². The van der Waals surface area contributed by atoms with Crippen LogP contribution in [0.1, 0.15) is 32.1 Å². The number of aliphatic hydroxyl groups is 1. The van der Waals surface area contributed by atoms with E-state index in [0.717, 1.165) is 6.42 Å². The highest BCUT2D eigenvalue weighted by Gasteiger charge is 2.11. The molecule has 0 rings (SSSR count). The Morgan fingerprint density at radius 3 is 2.28 bits per heavy atom. The lowest BCUT2D eigenvalue weighted by atomic mass is 10.1. The predicted octanol–water partition coefficient (Wildman–Crippen LogP) is -0.360. The summed E-state index contributed by atoms with van der Waals surface area (Å²) in [5, 5.41) is 21.8. The van der Waals surface area contributed by atoms with Crippen LogP contribution in [0.3, 0.4) is 0 Å². The molecule has 0 aliphatic rings. The normalized spacial score (nSPS) is 11.9. The van der Waals surface area contributed by atoms with Crippen LogP contribution in [0.2, 0.25) is 0 Å². The summed E-state index contributed by atoms with van der Waals surface area (Å²) in [4.78, 5) is 21.6. The van der Waals surface area contributed by atoms with Crippen LogP contribution < -0.4 is 16.4 Å². The zero-order valence-electron chi connectivity index (χ0n) is 10.5. The van der Waals surface area contributed by atoms with Crippen LogP contribution in [0, 0.1) is 0 Å². The van der Waals surface area contributed by atoms with Crippen LogP contribution in [-0.2, 0) is 4.79 Å². The molecule has 0 aliphatic heterocycles. The molecule has 0 aromatic rings. The van der Waals surface area contributed by atoms with Gasteiger partial charge in [-0.1, -0.05) is 0 Å². The van der Waals surface area contributed by atoms with E-state index < -0.39 is 12.1 Å². The first kappa shape index (κ1) is 16.7. The molecule has 6 N–H and O–H groups in total. The third-order valence-electron chi connectivity index (χ3n) is 2.44. The molecule has 1 atom stereocenters. The van der Waals surface area contributed by atoms with E-state index in [9.17, 15) is 9.59 Å². The van der Waals surface area contributed by atoms with Gasteiger partial charge in [0.2, 0.25) is 5.91 Å². The summed E-state index contributed by atoms with van der Waals surface area (Å²) in [6, 6.07) is -0.552. The number of rotatable bonds is 10.